The van der Waals surface area contributed by atoms with Gasteiger partial charge in [0.25, 0.3) is 5.91 Å². The zero-order valence-corrected chi connectivity index (χ0v) is 18.0. The van der Waals surface area contributed by atoms with Crippen molar-refractivity contribution in [2.24, 2.45) is 0 Å². The molecule has 3 N–H and O–H groups in total. The number of hydrogen-bond donors (Lipinski definition) is 3. The number of hydrogen-bond acceptors (Lipinski definition) is 4. The molecule has 0 atom stereocenters. The van der Waals surface area contributed by atoms with Gasteiger partial charge in [0.05, 0.1) is 22.0 Å². The highest BCUT2D eigenvalue weighted by Gasteiger charge is 2.15. The summed E-state index contributed by atoms with van der Waals surface area (Å²) in [6, 6.07) is 12.1. The Morgan fingerprint density at radius 1 is 1.07 bits per heavy atom. The smallest absolute Gasteiger partial charge is 0.326 e. The van der Waals surface area contributed by atoms with E-state index in [0.29, 0.717) is 11.3 Å². The first-order valence-corrected chi connectivity index (χ1v) is 9.83. The number of halogens is 3. The molecule has 1 heterocycles. The topological polar surface area (TPSA) is 91.3 Å². The Morgan fingerprint density at radius 3 is 2.50 bits per heavy atom. The Labute approximate surface area is 182 Å². The normalized spacial score (nSPS) is 10.4. The number of aromatic hydroxyl groups is 1. The molecule has 0 bridgehead atoms. The second-order valence-corrected chi connectivity index (χ2v) is 7.78. The van der Waals surface area contributed by atoms with Gasteiger partial charge in [-0.1, -0.05) is 29.8 Å². The molecule has 0 unspecified atom stereocenters. The number of carbonyl (C=O) groups is 2. The lowest BCUT2D eigenvalue weighted by atomic mass is 10.1. The minimum atomic E-state index is -0.795. The molecule has 3 aromatic rings. The fourth-order valence-electron chi connectivity index (χ4n) is 2.38. The van der Waals surface area contributed by atoms with E-state index in [9.17, 15) is 14.7 Å². The Balaban J connectivity index is 1.73. The van der Waals surface area contributed by atoms with Crippen LogP contribution in [-0.4, -0.2) is 22.0 Å². The van der Waals surface area contributed by atoms with E-state index in [2.05, 4.69) is 47.5 Å². The van der Waals surface area contributed by atoms with Crippen LogP contribution in [0.4, 0.5) is 10.5 Å². The maximum atomic E-state index is 12.1. The molecule has 142 valence electrons. The zero-order chi connectivity index (χ0) is 20.3. The van der Waals surface area contributed by atoms with Crippen LogP contribution in [-0.2, 0) is 0 Å². The summed E-state index contributed by atoms with van der Waals surface area (Å²) in [7, 11) is 0. The summed E-state index contributed by atoms with van der Waals surface area (Å²) in [5, 5.41) is 15.1. The lowest BCUT2D eigenvalue weighted by molar-refractivity contribution is 0.0967. The van der Waals surface area contributed by atoms with E-state index in [1.54, 1.807) is 30.5 Å². The molecule has 0 radical (unpaired) electrons. The van der Waals surface area contributed by atoms with Gasteiger partial charge in [-0.05, 0) is 62.2 Å². The van der Waals surface area contributed by atoms with Crippen LogP contribution in [0.2, 0.25) is 5.02 Å². The second kappa shape index (κ2) is 8.72. The summed E-state index contributed by atoms with van der Waals surface area (Å²) >= 11 is 12.7. The van der Waals surface area contributed by atoms with Gasteiger partial charge in [0, 0.05) is 20.7 Å². The molecule has 0 fully saturated rings. The fourth-order valence-corrected chi connectivity index (χ4v) is 3.82. The third-order valence-corrected chi connectivity index (χ3v) is 5.04. The number of amides is 3. The van der Waals surface area contributed by atoms with E-state index in [4.69, 9.17) is 11.6 Å². The van der Waals surface area contributed by atoms with E-state index in [0.717, 1.165) is 8.95 Å². The highest BCUT2D eigenvalue weighted by Crippen LogP contribution is 2.33. The van der Waals surface area contributed by atoms with Crippen LogP contribution >= 0.6 is 43.5 Å². The summed E-state index contributed by atoms with van der Waals surface area (Å²) in [4.78, 5) is 28.5. The van der Waals surface area contributed by atoms with Gasteiger partial charge in [0.15, 0.2) is 0 Å². The average Bonchev–Trinajstić information content (AvgIpc) is 2.63. The molecule has 0 aliphatic carbocycles. The molecule has 0 aliphatic rings. The van der Waals surface area contributed by atoms with Gasteiger partial charge in [0.1, 0.15) is 5.75 Å². The quantitative estimate of drug-likeness (QED) is 0.389. The van der Waals surface area contributed by atoms with E-state index < -0.39 is 11.9 Å². The summed E-state index contributed by atoms with van der Waals surface area (Å²) in [6.45, 7) is 0. The van der Waals surface area contributed by atoms with E-state index in [1.165, 1.54) is 18.2 Å². The SMILES string of the molecule is O=C(NC(=O)c1ccccc1Cl)Nc1ccc(-c2ncc(Br)cc2Br)cc1O. The number of rotatable bonds is 3. The number of anilines is 1. The van der Waals surface area contributed by atoms with Crippen molar-refractivity contribution in [1.29, 1.82) is 0 Å². The highest BCUT2D eigenvalue weighted by molar-refractivity contribution is 9.11. The zero-order valence-electron chi connectivity index (χ0n) is 14.0. The molecular weight excluding hydrogens is 513 g/mol. The number of nitrogens with zero attached hydrogens (tertiary/aromatic N) is 1. The van der Waals surface area contributed by atoms with Gasteiger partial charge in [-0.2, -0.15) is 0 Å². The predicted molar refractivity (Wildman–Crippen MR) is 115 cm³/mol. The van der Waals surface area contributed by atoms with Crippen LogP contribution in [0.5, 0.6) is 5.75 Å². The fraction of sp³-hybridized carbons (Fsp3) is 0. The lowest BCUT2D eigenvalue weighted by Crippen LogP contribution is -2.34. The van der Waals surface area contributed by atoms with Gasteiger partial charge in [-0.15, -0.1) is 0 Å². The van der Waals surface area contributed by atoms with E-state index >= 15 is 0 Å². The van der Waals surface area contributed by atoms with Crippen LogP contribution in [0.3, 0.4) is 0 Å². The number of pyridine rings is 1. The predicted octanol–water partition coefficient (Wildman–Crippen LogP) is 5.59. The number of urea groups is 1. The van der Waals surface area contributed by atoms with Gasteiger partial charge in [-0.3, -0.25) is 15.1 Å². The van der Waals surface area contributed by atoms with Crippen LogP contribution in [0.15, 0.2) is 63.7 Å². The first-order valence-electron chi connectivity index (χ1n) is 7.86. The molecule has 9 heteroatoms. The third kappa shape index (κ3) is 4.70. The summed E-state index contributed by atoms with van der Waals surface area (Å²) < 4.78 is 1.55. The van der Waals surface area contributed by atoms with Crippen LogP contribution < -0.4 is 10.6 Å². The molecule has 0 saturated heterocycles. The molecule has 0 spiro atoms. The van der Waals surface area contributed by atoms with E-state index in [-0.39, 0.29) is 22.0 Å². The Bertz CT molecular complexity index is 1080. The summed E-state index contributed by atoms with van der Waals surface area (Å²) in [5.41, 5.74) is 1.59. The number of phenolic OH excluding ortho intramolecular Hbond substituents is 1. The van der Waals surface area contributed by atoms with Gasteiger partial charge in [-0.25, -0.2) is 4.79 Å². The maximum Gasteiger partial charge on any atom is 0.326 e. The average molecular weight is 526 g/mol. The molecule has 3 amide bonds. The highest BCUT2D eigenvalue weighted by atomic mass is 79.9. The van der Waals surface area contributed by atoms with Gasteiger partial charge in [0.2, 0.25) is 0 Å². The minimum absolute atomic E-state index is 0.140. The van der Waals surface area contributed by atoms with Crippen molar-refractivity contribution in [3.8, 4) is 17.0 Å². The Hall–Kier alpha value is -2.42. The van der Waals surface area contributed by atoms with Crippen molar-refractivity contribution >= 4 is 61.1 Å². The Morgan fingerprint density at radius 2 is 1.82 bits per heavy atom. The van der Waals surface area contributed by atoms with Crippen molar-refractivity contribution in [3.05, 3.63) is 74.3 Å². The van der Waals surface area contributed by atoms with Gasteiger partial charge < -0.3 is 10.4 Å². The number of phenols is 1. The van der Waals surface area contributed by atoms with Crippen LogP contribution in [0.25, 0.3) is 11.3 Å². The number of imide groups is 1. The number of nitrogens with one attached hydrogen (secondary N) is 2. The molecule has 3 rings (SSSR count). The number of benzene rings is 2. The first-order chi connectivity index (χ1) is 13.3. The summed E-state index contributed by atoms with van der Waals surface area (Å²) in [5.74, 6) is -0.823. The number of aromatic nitrogens is 1. The monoisotopic (exact) mass is 523 g/mol. The van der Waals surface area contributed by atoms with Crippen LogP contribution in [0, 0.1) is 0 Å². The van der Waals surface area contributed by atoms with Crippen molar-refractivity contribution in [1.82, 2.24) is 10.3 Å². The maximum absolute atomic E-state index is 12.1. The molecular formula is C19H12Br2ClN3O3. The first kappa shape index (κ1) is 20.3. The minimum Gasteiger partial charge on any atom is -0.506 e. The van der Waals surface area contributed by atoms with Crippen molar-refractivity contribution < 1.29 is 14.7 Å². The molecule has 1 aromatic heterocycles. The molecule has 6 nitrogen and oxygen atoms in total. The molecule has 0 aliphatic heterocycles. The Kier molecular flexibility index (Phi) is 6.33. The second-order valence-electron chi connectivity index (χ2n) is 5.60. The van der Waals surface area contributed by atoms with E-state index in [1.807, 2.05) is 6.07 Å². The molecule has 0 saturated carbocycles. The largest absolute Gasteiger partial charge is 0.506 e. The third-order valence-electron chi connectivity index (χ3n) is 3.67. The number of carbonyl (C=O) groups excluding carboxylic acids is 2. The lowest BCUT2D eigenvalue weighted by Gasteiger charge is -2.11. The van der Waals surface area contributed by atoms with Gasteiger partial charge >= 0.3 is 6.03 Å². The van der Waals surface area contributed by atoms with Crippen LogP contribution in [0.1, 0.15) is 10.4 Å². The van der Waals surface area contributed by atoms with Crippen molar-refractivity contribution in [2.45, 2.75) is 0 Å². The molecule has 28 heavy (non-hydrogen) atoms. The summed E-state index contributed by atoms with van der Waals surface area (Å²) in [6.07, 6.45) is 1.64. The molecule has 2 aromatic carbocycles. The standard InChI is InChI=1S/C19H12Br2ClN3O3/c20-11-8-13(21)17(23-9-11)10-5-6-15(16(26)7-10)24-19(28)25-18(27)12-3-1-2-4-14(12)22/h1-9,26H,(H2,24,25,27,28). The van der Waals surface area contributed by atoms with Crippen molar-refractivity contribution in [3.63, 3.8) is 0 Å². The van der Waals surface area contributed by atoms with Crippen molar-refractivity contribution in [2.75, 3.05) is 5.32 Å².